The van der Waals surface area contributed by atoms with E-state index in [4.69, 9.17) is 17.3 Å². The molecule has 4 rings (SSSR count). The number of aromatic nitrogens is 2. The van der Waals surface area contributed by atoms with Crippen LogP contribution in [0.25, 0.3) is 10.9 Å². The number of benzene rings is 2. The van der Waals surface area contributed by atoms with Gasteiger partial charge < -0.3 is 16.0 Å². The Hall–Kier alpha value is -3.46. The fourth-order valence-electron chi connectivity index (χ4n) is 3.58. The van der Waals surface area contributed by atoms with Crippen LogP contribution in [0.3, 0.4) is 0 Å². The van der Waals surface area contributed by atoms with Crippen LogP contribution in [0.5, 0.6) is 0 Å². The molecule has 1 aliphatic carbocycles. The molecule has 1 saturated carbocycles. The van der Waals surface area contributed by atoms with Crippen molar-refractivity contribution >= 4 is 40.2 Å². The second-order valence-electron chi connectivity index (χ2n) is 7.69. The Balaban J connectivity index is 1.44. The van der Waals surface area contributed by atoms with Gasteiger partial charge in [0.15, 0.2) is 5.69 Å². The van der Waals surface area contributed by atoms with Crippen LogP contribution < -0.4 is 11.1 Å². The Kier molecular flexibility index (Phi) is 6.09. The SMILES string of the molecule is NC(=O)c1nn(CC(=O)N(CC(=O)NCc2cc(F)cc(Cl)c2)C2CC2)c2ccccc12. The van der Waals surface area contributed by atoms with Crippen molar-refractivity contribution in [1.82, 2.24) is 20.0 Å². The molecule has 3 amide bonds. The summed E-state index contributed by atoms with van der Waals surface area (Å²) < 4.78 is 14.9. The predicted octanol–water partition coefficient (Wildman–Crippen LogP) is 2.24. The Bertz CT molecular complexity index is 1190. The number of primary amides is 1. The van der Waals surface area contributed by atoms with Crippen LogP contribution in [0.4, 0.5) is 4.39 Å². The topological polar surface area (TPSA) is 110 Å². The zero-order valence-corrected chi connectivity index (χ0v) is 17.8. The molecule has 10 heteroatoms. The van der Waals surface area contributed by atoms with Crippen molar-refractivity contribution < 1.29 is 18.8 Å². The minimum atomic E-state index is -0.678. The summed E-state index contributed by atoms with van der Waals surface area (Å²) in [5, 5.41) is 7.71. The van der Waals surface area contributed by atoms with Gasteiger partial charge in [0.05, 0.1) is 12.1 Å². The average molecular weight is 458 g/mol. The molecule has 8 nitrogen and oxygen atoms in total. The molecule has 0 spiro atoms. The molecule has 3 aromatic rings. The Morgan fingerprint density at radius 2 is 1.97 bits per heavy atom. The highest BCUT2D eigenvalue weighted by atomic mass is 35.5. The van der Waals surface area contributed by atoms with Gasteiger partial charge in [-0.25, -0.2) is 4.39 Å². The Morgan fingerprint density at radius 1 is 1.22 bits per heavy atom. The lowest BCUT2D eigenvalue weighted by Gasteiger charge is -2.22. The number of nitrogens with two attached hydrogens (primary N) is 1. The summed E-state index contributed by atoms with van der Waals surface area (Å²) in [6.07, 6.45) is 1.62. The largest absolute Gasteiger partial charge is 0.364 e. The number of para-hydroxylation sites is 1. The van der Waals surface area contributed by atoms with Crippen LogP contribution >= 0.6 is 11.6 Å². The van der Waals surface area contributed by atoms with Crippen molar-refractivity contribution in [1.29, 1.82) is 0 Å². The number of hydrogen-bond donors (Lipinski definition) is 2. The van der Waals surface area contributed by atoms with Gasteiger partial charge in [-0.3, -0.25) is 19.1 Å². The molecule has 3 N–H and O–H groups in total. The van der Waals surface area contributed by atoms with Crippen LogP contribution in [0.2, 0.25) is 5.02 Å². The molecule has 2 aromatic carbocycles. The van der Waals surface area contributed by atoms with Crippen molar-refractivity contribution in [2.75, 3.05) is 6.54 Å². The molecule has 1 aliphatic rings. The van der Waals surface area contributed by atoms with Crippen molar-refractivity contribution in [3.63, 3.8) is 0 Å². The van der Waals surface area contributed by atoms with Crippen LogP contribution in [-0.2, 0) is 22.7 Å². The van der Waals surface area contributed by atoms with E-state index < -0.39 is 11.7 Å². The molecule has 0 radical (unpaired) electrons. The van der Waals surface area contributed by atoms with E-state index >= 15 is 0 Å². The zero-order chi connectivity index (χ0) is 22.8. The highest BCUT2D eigenvalue weighted by Crippen LogP contribution is 2.27. The lowest BCUT2D eigenvalue weighted by molar-refractivity contribution is -0.137. The van der Waals surface area contributed by atoms with Gasteiger partial charge in [-0.15, -0.1) is 0 Å². The molecule has 0 saturated heterocycles. The van der Waals surface area contributed by atoms with Crippen LogP contribution in [0.1, 0.15) is 28.9 Å². The standard InChI is InChI=1S/C22H21ClFN5O3/c23-14-7-13(8-15(24)9-14)10-26-19(30)11-28(16-5-6-16)20(31)12-29-18-4-2-1-3-17(18)21(27-29)22(25)32/h1-4,7-9,16H,5-6,10-12H2,(H2,25,32)(H,26,30). The van der Waals surface area contributed by atoms with E-state index in [1.54, 1.807) is 30.3 Å². The Morgan fingerprint density at radius 3 is 2.66 bits per heavy atom. The maximum Gasteiger partial charge on any atom is 0.269 e. The van der Waals surface area contributed by atoms with Crippen molar-refractivity contribution in [2.24, 2.45) is 5.73 Å². The zero-order valence-electron chi connectivity index (χ0n) is 17.1. The van der Waals surface area contributed by atoms with E-state index in [1.165, 1.54) is 21.7 Å². The number of nitrogens with zero attached hydrogens (tertiary/aromatic N) is 3. The fraction of sp³-hybridized carbons (Fsp3) is 0.273. The molecule has 1 heterocycles. The van der Waals surface area contributed by atoms with Gasteiger partial charge in [0.1, 0.15) is 12.4 Å². The Labute approximate surface area is 188 Å². The first-order valence-corrected chi connectivity index (χ1v) is 10.5. The second kappa shape index (κ2) is 8.96. The number of rotatable bonds is 8. The summed E-state index contributed by atoms with van der Waals surface area (Å²) in [6.45, 7) is -0.166. The first-order chi connectivity index (χ1) is 15.3. The van der Waals surface area contributed by atoms with Crippen LogP contribution in [0, 0.1) is 5.82 Å². The van der Waals surface area contributed by atoms with E-state index in [2.05, 4.69) is 10.4 Å². The third-order valence-corrected chi connectivity index (χ3v) is 5.43. The first kappa shape index (κ1) is 21.8. The highest BCUT2D eigenvalue weighted by Gasteiger charge is 2.34. The van der Waals surface area contributed by atoms with Crippen LogP contribution in [0.15, 0.2) is 42.5 Å². The molecular weight excluding hydrogens is 437 g/mol. The number of hydrogen-bond acceptors (Lipinski definition) is 4. The third-order valence-electron chi connectivity index (χ3n) is 5.21. The monoisotopic (exact) mass is 457 g/mol. The van der Waals surface area contributed by atoms with E-state index in [0.29, 0.717) is 16.5 Å². The molecular formula is C22H21ClFN5O3. The number of carbonyl (C=O) groups excluding carboxylic acids is 3. The van der Waals surface area contributed by atoms with Gasteiger partial charge in [0.2, 0.25) is 11.8 Å². The van der Waals surface area contributed by atoms with E-state index in [0.717, 1.165) is 12.8 Å². The van der Waals surface area contributed by atoms with Crippen molar-refractivity contribution in [3.05, 3.63) is 64.6 Å². The predicted molar refractivity (Wildman–Crippen MR) is 116 cm³/mol. The number of amides is 3. The third kappa shape index (κ3) is 4.88. The second-order valence-corrected chi connectivity index (χ2v) is 8.13. The normalized spacial score (nSPS) is 13.2. The van der Waals surface area contributed by atoms with Gasteiger partial charge in [0.25, 0.3) is 5.91 Å². The summed E-state index contributed by atoms with van der Waals surface area (Å²) in [7, 11) is 0. The molecule has 1 aromatic heterocycles. The lowest BCUT2D eigenvalue weighted by Crippen LogP contribution is -2.43. The van der Waals surface area contributed by atoms with Crippen LogP contribution in [-0.4, -0.2) is 45.0 Å². The summed E-state index contributed by atoms with van der Waals surface area (Å²) in [4.78, 5) is 38.7. The maximum absolute atomic E-state index is 13.5. The lowest BCUT2D eigenvalue weighted by atomic mass is 10.2. The minimum Gasteiger partial charge on any atom is -0.364 e. The number of fused-ring (bicyclic) bond motifs is 1. The maximum atomic E-state index is 13.5. The van der Waals surface area contributed by atoms with Gasteiger partial charge in [-0.2, -0.15) is 5.10 Å². The van der Waals surface area contributed by atoms with Gasteiger partial charge >= 0.3 is 0 Å². The quantitative estimate of drug-likeness (QED) is 0.540. The summed E-state index contributed by atoms with van der Waals surface area (Å²) in [5.41, 5.74) is 6.64. The number of carbonyl (C=O) groups is 3. The number of nitrogens with one attached hydrogen (secondary N) is 1. The molecule has 0 aliphatic heterocycles. The van der Waals surface area contributed by atoms with Gasteiger partial charge in [-0.1, -0.05) is 29.8 Å². The van der Waals surface area contributed by atoms with E-state index in [9.17, 15) is 18.8 Å². The van der Waals surface area contributed by atoms with Gasteiger partial charge in [-0.05, 0) is 42.7 Å². The minimum absolute atomic E-state index is 0.0192. The molecule has 166 valence electrons. The van der Waals surface area contributed by atoms with E-state index in [-0.39, 0.29) is 48.2 Å². The number of halogens is 2. The average Bonchev–Trinajstić information content (AvgIpc) is 3.51. The molecule has 0 bridgehead atoms. The summed E-state index contributed by atoms with van der Waals surface area (Å²) in [6, 6.07) is 11.0. The molecule has 32 heavy (non-hydrogen) atoms. The first-order valence-electron chi connectivity index (χ1n) is 10.1. The van der Waals surface area contributed by atoms with Gasteiger partial charge in [0, 0.05) is 23.0 Å². The van der Waals surface area contributed by atoms with Crippen molar-refractivity contribution in [3.8, 4) is 0 Å². The molecule has 1 fully saturated rings. The fourth-order valence-corrected chi connectivity index (χ4v) is 3.82. The van der Waals surface area contributed by atoms with Crippen molar-refractivity contribution in [2.45, 2.75) is 32.0 Å². The molecule has 0 unspecified atom stereocenters. The van der Waals surface area contributed by atoms with E-state index in [1.807, 2.05) is 0 Å². The summed E-state index contributed by atoms with van der Waals surface area (Å²) in [5.74, 6) is -1.82. The smallest absolute Gasteiger partial charge is 0.269 e. The highest BCUT2D eigenvalue weighted by molar-refractivity contribution is 6.30. The summed E-state index contributed by atoms with van der Waals surface area (Å²) >= 11 is 5.84. The molecule has 0 atom stereocenters.